The van der Waals surface area contributed by atoms with Gasteiger partial charge in [-0.15, -0.1) is 0 Å². The first-order chi connectivity index (χ1) is 7.68. The Morgan fingerprint density at radius 3 is 2.81 bits per heavy atom. The van der Waals surface area contributed by atoms with Crippen molar-refractivity contribution in [1.82, 2.24) is 4.57 Å². The van der Waals surface area contributed by atoms with Crippen LogP contribution >= 0.6 is 0 Å². The first-order valence-electron chi connectivity index (χ1n) is 5.80. The molecule has 0 bridgehead atoms. The summed E-state index contributed by atoms with van der Waals surface area (Å²) in [4.78, 5) is 12.1. The van der Waals surface area contributed by atoms with Gasteiger partial charge in [-0.05, 0) is 30.9 Å². The van der Waals surface area contributed by atoms with Crippen molar-refractivity contribution >= 4 is 16.8 Å². The van der Waals surface area contributed by atoms with Gasteiger partial charge < -0.3 is 0 Å². The molecule has 0 saturated heterocycles. The number of para-hydroxylation sites is 1. The van der Waals surface area contributed by atoms with E-state index >= 15 is 0 Å². The number of carbonyl (C=O) groups is 1. The molecule has 1 atom stereocenters. The second-order valence-electron chi connectivity index (χ2n) is 4.83. The van der Waals surface area contributed by atoms with Crippen molar-refractivity contribution < 1.29 is 4.79 Å². The van der Waals surface area contributed by atoms with Gasteiger partial charge in [0.25, 0.3) is 0 Å². The van der Waals surface area contributed by atoms with Crippen molar-refractivity contribution in [3.8, 4) is 0 Å². The Morgan fingerprint density at radius 2 is 2.00 bits per heavy atom. The van der Waals surface area contributed by atoms with E-state index in [9.17, 15) is 4.79 Å². The lowest BCUT2D eigenvalue weighted by Gasteiger charge is -2.20. The molecule has 1 aromatic heterocycles. The van der Waals surface area contributed by atoms with Crippen LogP contribution in [0.5, 0.6) is 0 Å². The fourth-order valence-electron chi connectivity index (χ4n) is 2.78. The average molecular weight is 213 g/mol. The fourth-order valence-corrected chi connectivity index (χ4v) is 2.78. The van der Waals surface area contributed by atoms with Crippen molar-refractivity contribution in [2.75, 3.05) is 0 Å². The standard InChI is InChI=1S/C14H15NO/c1-9-7-13-10(2)11-5-3-4-6-12(11)15(13)14(16)8-9/h3-6,9H,7-8H2,1-2H3/t9-/m1/s1. The van der Waals surface area contributed by atoms with E-state index in [0.717, 1.165) is 11.9 Å². The van der Waals surface area contributed by atoms with Crippen LogP contribution in [0.4, 0.5) is 0 Å². The van der Waals surface area contributed by atoms with Gasteiger partial charge in [-0.3, -0.25) is 9.36 Å². The van der Waals surface area contributed by atoms with Crippen LogP contribution in [0.15, 0.2) is 24.3 Å². The molecule has 0 N–H and O–H groups in total. The lowest BCUT2D eigenvalue weighted by Crippen LogP contribution is -2.24. The van der Waals surface area contributed by atoms with Crippen LogP contribution in [0.3, 0.4) is 0 Å². The summed E-state index contributed by atoms with van der Waals surface area (Å²) in [6.45, 7) is 4.28. The number of fused-ring (bicyclic) bond motifs is 3. The fraction of sp³-hybridized carbons (Fsp3) is 0.357. The van der Waals surface area contributed by atoms with Gasteiger partial charge in [0.05, 0.1) is 5.52 Å². The third kappa shape index (κ3) is 1.16. The van der Waals surface area contributed by atoms with Crippen molar-refractivity contribution in [2.24, 2.45) is 5.92 Å². The van der Waals surface area contributed by atoms with Gasteiger partial charge in [0.15, 0.2) is 0 Å². The zero-order valence-corrected chi connectivity index (χ0v) is 9.66. The minimum absolute atomic E-state index is 0.248. The van der Waals surface area contributed by atoms with E-state index in [1.54, 1.807) is 0 Å². The van der Waals surface area contributed by atoms with Crippen LogP contribution in [0.2, 0.25) is 0 Å². The highest BCUT2D eigenvalue weighted by atomic mass is 16.2. The van der Waals surface area contributed by atoms with Gasteiger partial charge >= 0.3 is 0 Å². The van der Waals surface area contributed by atoms with Gasteiger partial charge in [-0.2, -0.15) is 0 Å². The second kappa shape index (κ2) is 3.21. The van der Waals surface area contributed by atoms with Gasteiger partial charge in [0.2, 0.25) is 5.91 Å². The summed E-state index contributed by atoms with van der Waals surface area (Å²) in [6, 6.07) is 8.18. The Bertz CT molecular complexity index is 580. The zero-order chi connectivity index (χ0) is 11.3. The highest BCUT2D eigenvalue weighted by molar-refractivity contribution is 5.96. The number of aryl methyl sites for hydroxylation is 1. The number of hydrogen-bond donors (Lipinski definition) is 0. The lowest BCUT2D eigenvalue weighted by molar-refractivity contribution is 0.0866. The predicted molar refractivity (Wildman–Crippen MR) is 64.8 cm³/mol. The van der Waals surface area contributed by atoms with Crippen molar-refractivity contribution in [2.45, 2.75) is 26.7 Å². The van der Waals surface area contributed by atoms with E-state index in [1.165, 1.54) is 16.6 Å². The second-order valence-corrected chi connectivity index (χ2v) is 4.83. The summed E-state index contributed by atoms with van der Waals surface area (Å²) in [5.41, 5.74) is 3.56. The van der Waals surface area contributed by atoms with E-state index in [4.69, 9.17) is 0 Å². The summed E-state index contributed by atoms with van der Waals surface area (Å²) in [6.07, 6.45) is 1.69. The van der Waals surface area contributed by atoms with Gasteiger partial charge in [-0.1, -0.05) is 25.1 Å². The van der Waals surface area contributed by atoms with Crippen LogP contribution in [0, 0.1) is 12.8 Å². The molecule has 0 amide bonds. The summed E-state index contributed by atoms with van der Waals surface area (Å²) in [5, 5.41) is 1.22. The number of benzene rings is 1. The molecule has 2 heterocycles. The van der Waals surface area contributed by atoms with Crippen LogP contribution in [-0.4, -0.2) is 10.5 Å². The Morgan fingerprint density at radius 1 is 1.25 bits per heavy atom. The summed E-state index contributed by atoms with van der Waals surface area (Å²) < 4.78 is 1.92. The molecule has 0 saturated carbocycles. The molecule has 3 rings (SSSR count). The molecule has 2 aromatic rings. The minimum atomic E-state index is 0.248. The molecular formula is C14H15NO. The molecule has 1 aliphatic rings. The highest BCUT2D eigenvalue weighted by Gasteiger charge is 2.26. The maximum Gasteiger partial charge on any atom is 0.231 e. The lowest BCUT2D eigenvalue weighted by atomic mass is 9.96. The normalized spacial score (nSPS) is 20.1. The van der Waals surface area contributed by atoms with Crippen molar-refractivity contribution in [3.05, 3.63) is 35.5 Å². The van der Waals surface area contributed by atoms with Crippen LogP contribution < -0.4 is 0 Å². The van der Waals surface area contributed by atoms with Crippen LogP contribution in [0.1, 0.15) is 29.4 Å². The number of rotatable bonds is 0. The molecule has 0 radical (unpaired) electrons. The Balaban J connectivity index is 2.39. The summed E-state index contributed by atoms with van der Waals surface area (Å²) in [7, 11) is 0. The van der Waals surface area contributed by atoms with E-state index in [-0.39, 0.29) is 5.91 Å². The smallest absolute Gasteiger partial charge is 0.231 e. The van der Waals surface area contributed by atoms with Crippen LogP contribution in [-0.2, 0) is 6.42 Å². The number of nitrogens with zero attached hydrogens (tertiary/aromatic N) is 1. The monoisotopic (exact) mass is 213 g/mol. The van der Waals surface area contributed by atoms with E-state index in [0.29, 0.717) is 12.3 Å². The third-order valence-electron chi connectivity index (χ3n) is 3.57. The Hall–Kier alpha value is -1.57. The van der Waals surface area contributed by atoms with Crippen molar-refractivity contribution in [3.63, 3.8) is 0 Å². The molecule has 0 fully saturated rings. The van der Waals surface area contributed by atoms with E-state index < -0.39 is 0 Å². The van der Waals surface area contributed by atoms with Gasteiger partial charge in [0, 0.05) is 17.5 Å². The van der Waals surface area contributed by atoms with Gasteiger partial charge in [0.1, 0.15) is 0 Å². The summed E-state index contributed by atoms with van der Waals surface area (Å²) in [5.74, 6) is 0.723. The SMILES string of the molecule is Cc1c2n(c3ccccc13)C(=O)C[C@H](C)C2. The largest absolute Gasteiger partial charge is 0.284 e. The third-order valence-corrected chi connectivity index (χ3v) is 3.57. The molecule has 1 aliphatic heterocycles. The van der Waals surface area contributed by atoms with E-state index in [2.05, 4.69) is 19.9 Å². The number of aromatic nitrogens is 1. The molecule has 0 unspecified atom stereocenters. The minimum Gasteiger partial charge on any atom is -0.284 e. The van der Waals surface area contributed by atoms with Crippen LogP contribution in [0.25, 0.3) is 10.9 Å². The molecule has 16 heavy (non-hydrogen) atoms. The number of hydrogen-bond acceptors (Lipinski definition) is 1. The molecule has 2 heteroatoms. The molecule has 0 aliphatic carbocycles. The van der Waals surface area contributed by atoms with Crippen molar-refractivity contribution in [1.29, 1.82) is 0 Å². The molecule has 2 nitrogen and oxygen atoms in total. The van der Waals surface area contributed by atoms with E-state index in [1.807, 2.05) is 22.8 Å². The molecular weight excluding hydrogens is 198 g/mol. The molecule has 82 valence electrons. The topological polar surface area (TPSA) is 22.0 Å². The zero-order valence-electron chi connectivity index (χ0n) is 9.66. The predicted octanol–water partition coefficient (Wildman–Crippen LogP) is 3.17. The first-order valence-corrected chi connectivity index (χ1v) is 5.80. The maximum absolute atomic E-state index is 12.1. The highest BCUT2D eigenvalue weighted by Crippen LogP contribution is 2.31. The maximum atomic E-state index is 12.1. The first kappa shape index (κ1) is 9.64. The van der Waals surface area contributed by atoms with Gasteiger partial charge in [-0.25, -0.2) is 0 Å². The Labute approximate surface area is 94.9 Å². The number of carbonyl (C=O) groups excluding carboxylic acids is 1. The quantitative estimate of drug-likeness (QED) is 0.658. The molecule has 0 spiro atoms. The summed E-state index contributed by atoms with van der Waals surface area (Å²) >= 11 is 0. The average Bonchev–Trinajstić information content (AvgIpc) is 2.54. The Kier molecular flexibility index (Phi) is 1.93. The molecule has 1 aromatic carbocycles.